The number of carbonyl (C=O) groups excluding carboxylic acids is 1. The van der Waals surface area contributed by atoms with Crippen LogP contribution < -0.4 is 4.72 Å². The highest BCUT2D eigenvalue weighted by Crippen LogP contribution is 2.17. The largest absolute Gasteiger partial charge is 0.377 e. The van der Waals surface area contributed by atoms with Gasteiger partial charge in [0.05, 0.1) is 11.0 Å². The van der Waals surface area contributed by atoms with Crippen molar-refractivity contribution in [2.45, 2.75) is 57.1 Å². The molecule has 1 heterocycles. The van der Waals surface area contributed by atoms with Crippen molar-refractivity contribution in [3.8, 4) is 0 Å². The molecule has 0 spiro atoms. The summed E-state index contributed by atoms with van der Waals surface area (Å²) in [4.78, 5) is 14.5. The van der Waals surface area contributed by atoms with Gasteiger partial charge in [-0.15, -0.1) is 0 Å². The third kappa shape index (κ3) is 5.53. The molecule has 0 aliphatic carbocycles. The Bertz CT molecular complexity index is 712. The molecule has 0 saturated carbocycles. The molecule has 2 unspecified atom stereocenters. The Morgan fingerprint density at radius 3 is 2.69 bits per heavy atom. The van der Waals surface area contributed by atoms with Crippen LogP contribution in [0.4, 0.5) is 0 Å². The van der Waals surface area contributed by atoms with Crippen molar-refractivity contribution >= 4 is 15.9 Å². The Labute approximate surface area is 157 Å². The molecule has 0 aromatic heterocycles. The zero-order valence-corrected chi connectivity index (χ0v) is 16.9. The van der Waals surface area contributed by atoms with Crippen LogP contribution in [-0.2, 0) is 14.8 Å². The van der Waals surface area contributed by atoms with Gasteiger partial charge in [-0.25, -0.2) is 13.1 Å². The van der Waals surface area contributed by atoms with Crippen molar-refractivity contribution in [3.05, 3.63) is 29.8 Å². The Kier molecular flexibility index (Phi) is 7.20. The Morgan fingerprint density at radius 1 is 1.35 bits per heavy atom. The lowest BCUT2D eigenvalue weighted by atomic mass is 10.0. The van der Waals surface area contributed by atoms with E-state index in [1.807, 2.05) is 6.92 Å². The van der Waals surface area contributed by atoms with Gasteiger partial charge in [-0.1, -0.05) is 19.9 Å². The monoisotopic (exact) mass is 382 g/mol. The van der Waals surface area contributed by atoms with Crippen molar-refractivity contribution in [1.82, 2.24) is 9.62 Å². The molecule has 1 aliphatic heterocycles. The van der Waals surface area contributed by atoms with E-state index in [0.29, 0.717) is 18.1 Å². The maximum Gasteiger partial charge on any atom is 0.253 e. The molecule has 7 heteroatoms. The van der Waals surface area contributed by atoms with E-state index < -0.39 is 10.0 Å². The first-order chi connectivity index (χ1) is 12.2. The second-order valence-electron chi connectivity index (χ2n) is 7.41. The van der Waals surface area contributed by atoms with Crippen LogP contribution in [0, 0.1) is 5.92 Å². The third-order valence-corrected chi connectivity index (χ3v) is 6.13. The minimum Gasteiger partial charge on any atom is -0.377 e. The maximum atomic E-state index is 12.7. The number of hydrogen-bond donors (Lipinski definition) is 1. The number of carbonyl (C=O) groups is 1. The SMILES string of the molecule is CC(C)CC(C)N(C)C(=O)c1cccc(S(=O)(=O)NCC2CCCO2)c1. The first-order valence-corrected chi connectivity index (χ1v) is 10.7. The van der Waals surface area contributed by atoms with Crippen LogP contribution >= 0.6 is 0 Å². The molecular formula is C19H30N2O4S. The quantitative estimate of drug-likeness (QED) is 0.750. The molecule has 1 aromatic rings. The summed E-state index contributed by atoms with van der Waals surface area (Å²) >= 11 is 0. The van der Waals surface area contributed by atoms with E-state index in [1.54, 1.807) is 24.1 Å². The summed E-state index contributed by atoms with van der Waals surface area (Å²) in [5.41, 5.74) is 0.378. The molecule has 1 fully saturated rings. The van der Waals surface area contributed by atoms with Crippen LogP contribution in [0.5, 0.6) is 0 Å². The summed E-state index contributed by atoms with van der Waals surface area (Å²) in [7, 11) is -1.91. The van der Waals surface area contributed by atoms with E-state index in [9.17, 15) is 13.2 Å². The van der Waals surface area contributed by atoms with Crippen LogP contribution in [0.1, 0.15) is 50.4 Å². The average Bonchev–Trinajstić information content (AvgIpc) is 3.12. The highest BCUT2D eigenvalue weighted by molar-refractivity contribution is 7.89. The normalized spacial score (nSPS) is 18.9. The average molecular weight is 383 g/mol. The predicted molar refractivity (Wildman–Crippen MR) is 102 cm³/mol. The number of nitrogens with zero attached hydrogens (tertiary/aromatic N) is 1. The smallest absolute Gasteiger partial charge is 0.253 e. The Balaban J connectivity index is 2.09. The van der Waals surface area contributed by atoms with E-state index in [2.05, 4.69) is 18.6 Å². The lowest BCUT2D eigenvalue weighted by Gasteiger charge is -2.26. The number of benzene rings is 1. The first-order valence-electron chi connectivity index (χ1n) is 9.19. The predicted octanol–water partition coefficient (Wildman–Crippen LogP) is 2.65. The van der Waals surface area contributed by atoms with Gasteiger partial charge in [0, 0.05) is 31.8 Å². The number of amides is 1. The molecule has 2 rings (SSSR count). The molecule has 0 radical (unpaired) electrons. The van der Waals surface area contributed by atoms with E-state index in [1.165, 1.54) is 12.1 Å². The molecule has 1 N–H and O–H groups in total. The molecule has 26 heavy (non-hydrogen) atoms. The van der Waals surface area contributed by atoms with Gasteiger partial charge in [-0.05, 0) is 50.3 Å². The maximum absolute atomic E-state index is 12.7. The summed E-state index contributed by atoms with van der Waals surface area (Å²) in [5.74, 6) is 0.309. The molecule has 1 amide bonds. The fraction of sp³-hybridized carbons (Fsp3) is 0.632. The summed E-state index contributed by atoms with van der Waals surface area (Å²) in [6, 6.07) is 6.29. The van der Waals surface area contributed by atoms with Gasteiger partial charge in [-0.2, -0.15) is 0 Å². The molecule has 1 aliphatic rings. The minimum absolute atomic E-state index is 0.0717. The van der Waals surface area contributed by atoms with E-state index in [4.69, 9.17) is 4.74 Å². The first kappa shape index (κ1) is 20.9. The van der Waals surface area contributed by atoms with Crippen LogP contribution in [0.3, 0.4) is 0 Å². The second-order valence-corrected chi connectivity index (χ2v) is 9.18. The fourth-order valence-corrected chi connectivity index (χ4v) is 4.24. The summed E-state index contributed by atoms with van der Waals surface area (Å²) in [6.07, 6.45) is 2.64. The van der Waals surface area contributed by atoms with Gasteiger partial charge in [0.25, 0.3) is 5.91 Å². The Morgan fingerprint density at radius 2 is 2.08 bits per heavy atom. The van der Waals surface area contributed by atoms with Crippen molar-refractivity contribution in [2.75, 3.05) is 20.2 Å². The summed E-state index contributed by atoms with van der Waals surface area (Å²) in [5, 5.41) is 0. The zero-order chi connectivity index (χ0) is 19.3. The molecular weight excluding hydrogens is 352 g/mol. The van der Waals surface area contributed by atoms with E-state index >= 15 is 0 Å². The standard InChI is InChI=1S/C19H30N2O4S/c1-14(2)11-15(3)21(4)19(22)16-7-5-9-18(12-16)26(23,24)20-13-17-8-6-10-25-17/h5,7,9,12,14-15,17,20H,6,8,10-11,13H2,1-4H3. The molecule has 146 valence electrons. The van der Waals surface area contributed by atoms with E-state index in [0.717, 1.165) is 19.3 Å². The van der Waals surface area contributed by atoms with E-state index in [-0.39, 0.29) is 29.5 Å². The van der Waals surface area contributed by atoms with Crippen LogP contribution in [0.25, 0.3) is 0 Å². The third-order valence-electron chi connectivity index (χ3n) is 4.71. The van der Waals surface area contributed by atoms with Crippen molar-refractivity contribution in [3.63, 3.8) is 0 Å². The van der Waals surface area contributed by atoms with Crippen molar-refractivity contribution in [2.24, 2.45) is 5.92 Å². The molecule has 6 nitrogen and oxygen atoms in total. The van der Waals surface area contributed by atoms with Gasteiger partial charge in [0.2, 0.25) is 10.0 Å². The number of ether oxygens (including phenoxy) is 1. The number of nitrogens with one attached hydrogen (secondary N) is 1. The molecule has 1 saturated heterocycles. The van der Waals surface area contributed by atoms with Gasteiger partial charge >= 0.3 is 0 Å². The molecule has 0 bridgehead atoms. The summed E-state index contributed by atoms with van der Waals surface area (Å²) in [6.45, 7) is 7.16. The zero-order valence-electron chi connectivity index (χ0n) is 16.1. The van der Waals surface area contributed by atoms with Gasteiger partial charge in [0.1, 0.15) is 0 Å². The van der Waals surface area contributed by atoms with Gasteiger partial charge in [0.15, 0.2) is 0 Å². The van der Waals surface area contributed by atoms with Gasteiger partial charge < -0.3 is 9.64 Å². The summed E-state index contributed by atoms with van der Waals surface area (Å²) < 4.78 is 33.1. The highest BCUT2D eigenvalue weighted by atomic mass is 32.2. The van der Waals surface area contributed by atoms with Crippen LogP contribution in [0.2, 0.25) is 0 Å². The van der Waals surface area contributed by atoms with Gasteiger partial charge in [-0.3, -0.25) is 4.79 Å². The highest BCUT2D eigenvalue weighted by Gasteiger charge is 2.23. The fourth-order valence-electron chi connectivity index (χ4n) is 3.13. The molecule has 2 atom stereocenters. The minimum atomic E-state index is -3.67. The molecule has 1 aromatic carbocycles. The van der Waals surface area contributed by atoms with Crippen LogP contribution in [0.15, 0.2) is 29.2 Å². The lowest BCUT2D eigenvalue weighted by Crippen LogP contribution is -2.36. The van der Waals surface area contributed by atoms with Crippen molar-refractivity contribution < 1.29 is 17.9 Å². The second kappa shape index (κ2) is 8.97. The number of hydrogen-bond acceptors (Lipinski definition) is 4. The lowest BCUT2D eigenvalue weighted by molar-refractivity contribution is 0.0728. The number of rotatable bonds is 8. The topological polar surface area (TPSA) is 75.7 Å². The number of sulfonamides is 1. The van der Waals surface area contributed by atoms with Crippen molar-refractivity contribution in [1.29, 1.82) is 0 Å². The van der Waals surface area contributed by atoms with Crippen LogP contribution in [-0.4, -0.2) is 51.6 Å². The Hall–Kier alpha value is -1.44.